The molecular weight excluding hydrogens is 160 g/mol. The van der Waals surface area contributed by atoms with E-state index in [1.807, 2.05) is 0 Å². The third-order valence-corrected chi connectivity index (χ3v) is 2.27. The molecule has 0 amide bonds. The molecule has 70 valence electrons. The van der Waals surface area contributed by atoms with Crippen molar-refractivity contribution in [1.29, 1.82) is 0 Å². The van der Waals surface area contributed by atoms with E-state index >= 15 is 0 Å². The molecule has 4 N–H and O–H groups in total. The Labute approximate surface area is 70.9 Å². The lowest BCUT2D eigenvalue weighted by atomic mass is 9.87. The average Bonchev–Trinajstić information content (AvgIpc) is 2.17. The summed E-state index contributed by atoms with van der Waals surface area (Å²) in [4.78, 5) is 19.8. The number of hydrogen-bond acceptors (Lipinski definition) is 5. The van der Waals surface area contributed by atoms with Gasteiger partial charge in [0.2, 0.25) is 0 Å². The minimum Gasteiger partial charge on any atom is -0.373 e. The lowest BCUT2D eigenvalue weighted by Crippen LogP contribution is -2.31. The summed E-state index contributed by atoms with van der Waals surface area (Å²) < 4.78 is 0. The van der Waals surface area contributed by atoms with E-state index in [1.54, 1.807) is 0 Å². The van der Waals surface area contributed by atoms with Gasteiger partial charge in [-0.25, -0.2) is 5.90 Å². The minimum absolute atomic E-state index is 0.0251. The van der Waals surface area contributed by atoms with E-state index in [0.717, 1.165) is 19.3 Å². The minimum atomic E-state index is -0.364. The van der Waals surface area contributed by atoms with Crippen molar-refractivity contribution in [3.8, 4) is 0 Å². The number of nitrogens with two attached hydrogens (primary N) is 2. The molecule has 5 nitrogen and oxygen atoms in total. The molecule has 12 heavy (non-hydrogen) atoms. The lowest BCUT2D eigenvalue weighted by molar-refractivity contribution is -0.152. The summed E-state index contributed by atoms with van der Waals surface area (Å²) in [5.41, 5.74) is 0. The van der Waals surface area contributed by atoms with Gasteiger partial charge in [-0.2, -0.15) is 5.90 Å². The predicted molar refractivity (Wildman–Crippen MR) is 41.3 cm³/mol. The first-order valence-corrected chi connectivity index (χ1v) is 4.04. The Bertz CT molecular complexity index is 163. The quantitative estimate of drug-likeness (QED) is 0.568. The molecule has 0 radical (unpaired) electrons. The summed E-state index contributed by atoms with van der Waals surface area (Å²) in [6, 6.07) is 0. The van der Waals surface area contributed by atoms with E-state index in [1.165, 1.54) is 0 Å². The summed E-state index contributed by atoms with van der Waals surface area (Å²) in [6.07, 6.45) is 3.25. The SMILES string of the molecule is NOC(=O)[C@@H]1CCC[C@H](ON)C1. The molecule has 0 saturated heterocycles. The van der Waals surface area contributed by atoms with E-state index in [4.69, 9.17) is 11.8 Å². The molecule has 1 aliphatic carbocycles. The van der Waals surface area contributed by atoms with E-state index in [-0.39, 0.29) is 18.0 Å². The number of carbonyl (C=O) groups is 1. The molecule has 0 unspecified atom stereocenters. The maximum atomic E-state index is 11.0. The van der Waals surface area contributed by atoms with Gasteiger partial charge >= 0.3 is 5.97 Å². The van der Waals surface area contributed by atoms with Crippen LogP contribution in [0.5, 0.6) is 0 Å². The second kappa shape index (κ2) is 4.39. The van der Waals surface area contributed by atoms with Crippen LogP contribution in [0.25, 0.3) is 0 Å². The van der Waals surface area contributed by atoms with Crippen molar-refractivity contribution in [1.82, 2.24) is 0 Å². The first-order chi connectivity index (χ1) is 5.77. The van der Waals surface area contributed by atoms with Crippen molar-refractivity contribution in [3.63, 3.8) is 0 Å². The number of rotatable bonds is 2. The Balaban J connectivity index is 2.40. The fourth-order valence-corrected chi connectivity index (χ4v) is 1.58. The molecule has 1 saturated carbocycles. The Morgan fingerprint density at radius 2 is 2.08 bits per heavy atom. The van der Waals surface area contributed by atoms with Crippen LogP contribution in [-0.2, 0) is 14.5 Å². The van der Waals surface area contributed by atoms with E-state index in [2.05, 4.69) is 9.68 Å². The highest BCUT2D eigenvalue weighted by Crippen LogP contribution is 2.25. The molecule has 0 aromatic heterocycles. The molecule has 5 heteroatoms. The summed E-state index contributed by atoms with van der Waals surface area (Å²) >= 11 is 0. The normalized spacial score (nSPS) is 29.8. The van der Waals surface area contributed by atoms with Gasteiger partial charge in [-0.15, -0.1) is 0 Å². The maximum absolute atomic E-state index is 11.0. The van der Waals surface area contributed by atoms with E-state index in [0.29, 0.717) is 6.42 Å². The highest BCUT2D eigenvalue weighted by molar-refractivity contribution is 5.72. The van der Waals surface area contributed by atoms with Gasteiger partial charge in [0.1, 0.15) is 0 Å². The zero-order valence-corrected chi connectivity index (χ0v) is 6.86. The Morgan fingerprint density at radius 3 is 2.67 bits per heavy atom. The van der Waals surface area contributed by atoms with Crippen molar-refractivity contribution < 1.29 is 14.5 Å². The van der Waals surface area contributed by atoms with Crippen LogP contribution in [0.1, 0.15) is 25.7 Å². The zero-order valence-electron chi connectivity index (χ0n) is 6.86. The topological polar surface area (TPSA) is 87.6 Å². The Morgan fingerprint density at radius 1 is 1.33 bits per heavy atom. The molecule has 0 aliphatic heterocycles. The monoisotopic (exact) mass is 174 g/mol. The van der Waals surface area contributed by atoms with Gasteiger partial charge in [0.15, 0.2) is 0 Å². The maximum Gasteiger partial charge on any atom is 0.327 e. The highest BCUT2D eigenvalue weighted by atomic mass is 16.7. The van der Waals surface area contributed by atoms with Crippen molar-refractivity contribution in [2.24, 2.45) is 17.7 Å². The van der Waals surface area contributed by atoms with E-state index < -0.39 is 0 Å². The first kappa shape index (κ1) is 9.44. The predicted octanol–water partition coefficient (Wildman–Crippen LogP) is -0.148. The van der Waals surface area contributed by atoms with Crippen LogP contribution >= 0.6 is 0 Å². The molecule has 0 aromatic carbocycles. The second-order valence-electron chi connectivity index (χ2n) is 3.06. The molecule has 0 spiro atoms. The van der Waals surface area contributed by atoms with Gasteiger partial charge in [0.25, 0.3) is 0 Å². The molecule has 2 atom stereocenters. The van der Waals surface area contributed by atoms with Gasteiger partial charge in [-0.05, 0) is 25.7 Å². The third kappa shape index (κ3) is 2.17. The third-order valence-electron chi connectivity index (χ3n) is 2.27. The summed E-state index contributed by atoms with van der Waals surface area (Å²) in [5, 5.41) is 0. The van der Waals surface area contributed by atoms with Gasteiger partial charge < -0.3 is 9.68 Å². The van der Waals surface area contributed by atoms with Gasteiger partial charge in [-0.3, -0.25) is 4.79 Å². The number of hydrogen-bond donors (Lipinski definition) is 2. The van der Waals surface area contributed by atoms with Crippen LogP contribution in [0.15, 0.2) is 0 Å². The lowest BCUT2D eigenvalue weighted by Gasteiger charge is -2.25. The molecule has 1 rings (SSSR count). The Kier molecular flexibility index (Phi) is 3.46. The fourth-order valence-electron chi connectivity index (χ4n) is 1.58. The summed E-state index contributed by atoms with van der Waals surface area (Å²) in [6.45, 7) is 0. The molecule has 0 heterocycles. The molecule has 1 fully saturated rings. The van der Waals surface area contributed by atoms with Crippen LogP contribution in [0.4, 0.5) is 0 Å². The summed E-state index contributed by atoms with van der Waals surface area (Å²) in [7, 11) is 0. The van der Waals surface area contributed by atoms with Gasteiger partial charge in [0, 0.05) is 0 Å². The van der Waals surface area contributed by atoms with Crippen LogP contribution < -0.4 is 11.8 Å². The first-order valence-electron chi connectivity index (χ1n) is 4.04. The molecule has 0 aromatic rings. The molecular formula is C7H14N2O3. The average molecular weight is 174 g/mol. The van der Waals surface area contributed by atoms with Crippen molar-refractivity contribution in [3.05, 3.63) is 0 Å². The zero-order chi connectivity index (χ0) is 8.97. The van der Waals surface area contributed by atoms with Gasteiger partial charge in [-0.1, -0.05) is 0 Å². The highest BCUT2D eigenvalue weighted by Gasteiger charge is 2.28. The fraction of sp³-hybridized carbons (Fsp3) is 0.857. The number of carbonyl (C=O) groups excluding carboxylic acids is 1. The van der Waals surface area contributed by atoms with Crippen LogP contribution in [0, 0.1) is 5.92 Å². The Hall–Kier alpha value is -0.650. The molecule has 0 bridgehead atoms. The van der Waals surface area contributed by atoms with Gasteiger partial charge in [0.05, 0.1) is 12.0 Å². The smallest absolute Gasteiger partial charge is 0.327 e. The van der Waals surface area contributed by atoms with E-state index in [9.17, 15) is 4.79 Å². The second-order valence-corrected chi connectivity index (χ2v) is 3.06. The van der Waals surface area contributed by atoms with Crippen LogP contribution in [0.2, 0.25) is 0 Å². The standard InChI is InChI=1S/C7H14N2O3/c8-11-6-3-1-2-5(4-6)7(10)12-9/h5-6H,1-4,8-9H2/t5-,6+/m1/s1. The van der Waals surface area contributed by atoms with Crippen LogP contribution in [-0.4, -0.2) is 12.1 Å². The van der Waals surface area contributed by atoms with Crippen molar-refractivity contribution >= 4 is 5.97 Å². The molecule has 1 aliphatic rings. The van der Waals surface area contributed by atoms with Crippen LogP contribution in [0.3, 0.4) is 0 Å². The summed E-state index contributed by atoms with van der Waals surface area (Å²) in [5.74, 6) is 9.29. The van der Waals surface area contributed by atoms with Crippen molar-refractivity contribution in [2.75, 3.05) is 0 Å². The van der Waals surface area contributed by atoms with Crippen molar-refractivity contribution in [2.45, 2.75) is 31.8 Å². The largest absolute Gasteiger partial charge is 0.373 e.